The predicted octanol–water partition coefficient (Wildman–Crippen LogP) is -7.25. The first-order chi connectivity index (χ1) is 29.7. The Balaban J connectivity index is 1.54. The van der Waals surface area contributed by atoms with Gasteiger partial charge in [0.15, 0.2) is 12.6 Å². The Morgan fingerprint density at radius 2 is 1.32 bits per heavy atom. The van der Waals surface area contributed by atoms with Gasteiger partial charge in [0.1, 0.15) is 79.0 Å². The molecule has 0 radical (unpaired) electrons. The molecule has 358 valence electrons. The molecule has 0 aromatic rings. The van der Waals surface area contributed by atoms with E-state index in [2.05, 4.69) is 21.3 Å². The summed E-state index contributed by atoms with van der Waals surface area (Å²) < 4.78 is 23.2. The first-order valence-electron chi connectivity index (χ1n) is 20.9. The summed E-state index contributed by atoms with van der Waals surface area (Å²) in [7, 11) is 0. The molecule has 25 nitrogen and oxygen atoms in total. The van der Waals surface area contributed by atoms with Crippen molar-refractivity contribution in [3.8, 4) is 0 Å². The van der Waals surface area contributed by atoms with Gasteiger partial charge in [0.2, 0.25) is 41.4 Å². The standard InChI is InChI=1S/C38H63N7O18/c1-15(12-46)32(55)43-24(34(57)41-17(3)35(58)45-11-7-9-21(45)36(59)44-10-6-8-20(44)33(56)40-16(2)31(39)54)18(4)60-37-25(42-19(5)49)30(27(51)23(14-48)61-37)63-38-29(53)28(52)26(50)22(13-47)62-38/h15-18,20-30,37-38,46-48,50-53H,6-14H2,1-5H3,(H2,39,54)(H,40,56)(H,41,57)(H,42,49)(H,43,55)/t15?,16?,17?,18?,20?,21?,22?,23?,24?,25?,26-,27-,28-,29?,30+,37-,38-/m0/s1. The third-order valence-corrected chi connectivity index (χ3v) is 11.7. The Hall–Kier alpha value is -4.15. The molecule has 0 aromatic heterocycles. The van der Waals surface area contributed by atoms with Crippen molar-refractivity contribution in [1.29, 1.82) is 0 Å². The van der Waals surface area contributed by atoms with Gasteiger partial charge in [0, 0.05) is 20.0 Å². The molecule has 0 bridgehead atoms. The zero-order valence-corrected chi connectivity index (χ0v) is 35.8. The second-order valence-electron chi connectivity index (χ2n) is 16.4. The van der Waals surface area contributed by atoms with Gasteiger partial charge in [-0.25, -0.2) is 0 Å². The van der Waals surface area contributed by atoms with Crippen LogP contribution in [-0.2, 0) is 52.5 Å². The number of rotatable bonds is 18. The Bertz CT molecular complexity index is 1640. The molecule has 13 N–H and O–H groups in total. The lowest BCUT2D eigenvalue weighted by atomic mass is 9.95. The van der Waals surface area contributed by atoms with Gasteiger partial charge < -0.3 is 91.5 Å². The van der Waals surface area contributed by atoms with Gasteiger partial charge in [-0.3, -0.25) is 33.6 Å². The minimum absolute atomic E-state index is 0.139. The number of aliphatic hydroxyl groups excluding tert-OH is 7. The molecule has 4 aliphatic heterocycles. The van der Waals surface area contributed by atoms with E-state index < -0.39 is 165 Å². The minimum atomic E-state index is -1.95. The van der Waals surface area contributed by atoms with Crippen molar-refractivity contribution in [3.05, 3.63) is 0 Å². The van der Waals surface area contributed by atoms with Gasteiger partial charge in [0.05, 0.1) is 31.8 Å². The number of aliphatic hydroxyl groups is 7. The SMILES string of the molecule is CC(=O)NC1[C@@H](OC(C)C(NC(=O)C(C)CO)C(=O)NC(C)C(=O)N2CCCC2C(=O)N2CCCC2C(=O)NC(C)C(N)=O)OC(CO)[C@H](O)[C@@H]1O[C@@H]1OC(CO)[C@H](O)[C@H](O)C1O. The van der Waals surface area contributed by atoms with Crippen LogP contribution in [0.5, 0.6) is 0 Å². The maximum atomic E-state index is 14.1. The van der Waals surface area contributed by atoms with E-state index in [0.29, 0.717) is 19.3 Å². The van der Waals surface area contributed by atoms with Crippen LogP contribution in [0.15, 0.2) is 0 Å². The topological polar surface area (TPSA) is 379 Å². The number of carbonyl (C=O) groups excluding carboxylic acids is 7. The number of nitrogens with zero attached hydrogens (tertiary/aromatic N) is 2. The van der Waals surface area contributed by atoms with Crippen LogP contribution in [0.3, 0.4) is 0 Å². The maximum absolute atomic E-state index is 14.1. The van der Waals surface area contributed by atoms with Crippen LogP contribution >= 0.6 is 0 Å². The largest absolute Gasteiger partial charge is 0.396 e. The van der Waals surface area contributed by atoms with Gasteiger partial charge in [-0.15, -0.1) is 0 Å². The van der Waals surface area contributed by atoms with Gasteiger partial charge in [-0.05, 0) is 46.5 Å². The Labute approximate surface area is 362 Å². The molecule has 63 heavy (non-hydrogen) atoms. The van der Waals surface area contributed by atoms with Gasteiger partial charge in [0.25, 0.3) is 0 Å². The van der Waals surface area contributed by atoms with E-state index in [1.54, 1.807) is 0 Å². The molecule has 4 fully saturated rings. The number of primary amides is 1. The van der Waals surface area contributed by atoms with Crippen molar-refractivity contribution in [2.24, 2.45) is 11.7 Å². The molecule has 4 rings (SSSR count). The molecule has 0 aliphatic carbocycles. The summed E-state index contributed by atoms with van der Waals surface area (Å²) in [6, 6.07) is -7.38. The monoisotopic (exact) mass is 905 g/mol. The van der Waals surface area contributed by atoms with Crippen LogP contribution in [-0.4, -0.2) is 217 Å². The summed E-state index contributed by atoms with van der Waals surface area (Å²) in [5.41, 5.74) is 5.28. The van der Waals surface area contributed by atoms with E-state index >= 15 is 0 Å². The molecule has 0 aromatic carbocycles. The lowest BCUT2D eigenvalue weighted by molar-refractivity contribution is -0.347. The zero-order chi connectivity index (χ0) is 47.0. The number of amides is 7. The van der Waals surface area contributed by atoms with Gasteiger partial charge in [-0.2, -0.15) is 0 Å². The lowest BCUT2D eigenvalue weighted by Crippen LogP contribution is -2.69. The maximum Gasteiger partial charge on any atom is 0.246 e. The fourth-order valence-electron chi connectivity index (χ4n) is 7.91. The zero-order valence-electron chi connectivity index (χ0n) is 35.8. The number of likely N-dealkylation sites (tertiary alicyclic amines) is 2. The molecule has 17 atom stereocenters. The smallest absolute Gasteiger partial charge is 0.246 e. The second kappa shape index (κ2) is 22.7. The summed E-state index contributed by atoms with van der Waals surface area (Å²) in [4.78, 5) is 94.7. The molecule has 4 saturated heterocycles. The highest BCUT2D eigenvalue weighted by Gasteiger charge is 2.53. The third-order valence-electron chi connectivity index (χ3n) is 11.7. The van der Waals surface area contributed by atoms with Crippen LogP contribution in [0.4, 0.5) is 0 Å². The summed E-state index contributed by atoms with van der Waals surface area (Å²) >= 11 is 0. The van der Waals surface area contributed by atoms with Crippen molar-refractivity contribution in [3.63, 3.8) is 0 Å². The highest BCUT2D eigenvalue weighted by atomic mass is 16.7. The van der Waals surface area contributed by atoms with E-state index in [1.165, 1.54) is 37.5 Å². The highest BCUT2D eigenvalue weighted by Crippen LogP contribution is 2.31. The summed E-state index contributed by atoms with van der Waals surface area (Å²) in [6.45, 7) is 4.58. The Morgan fingerprint density at radius 1 is 0.730 bits per heavy atom. The fraction of sp³-hybridized carbons (Fsp3) is 0.816. The second-order valence-corrected chi connectivity index (χ2v) is 16.4. The lowest BCUT2D eigenvalue weighted by Gasteiger charge is -2.48. The number of carbonyl (C=O) groups is 7. The van der Waals surface area contributed by atoms with Crippen LogP contribution in [0.2, 0.25) is 0 Å². The first-order valence-corrected chi connectivity index (χ1v) is 20.9. The van der Waals surface area contributed by atoms with E-state index in [0.717, 1.165) is 6.92 Å². The molecule has 0 saturated carbocycles. The minimum Gasteiger partial charge on any atom is -0.396 e. The molecule has 0 spiro atoms. The summed E-state index contributed by atoms with van der Waals surface area (Å²) in [6.07, 6.45) is -15.5. The summed E-state index contributed by atoms with van der Waals surface area (Å²) in [5.74, 6) is -6.05. The van der Waals surface area contributed by atoms with Gasteiger partial charge in [-0.1, -0.05) is 6.92 Å². The Kier molecular flexibility index (Phi) is 18.5. The third kappa shape index (κ3) is 12.2. The average molecular weight is 906 g/mol. The average Bonchev–Trinajstić information content (AvgIpc) is 3.95. The molecule has 11 unspecified atom stereocenters. The first kappa shape index (κ1) is 51.5. The van der Waals surface area contributed by atoms with Gasteiger partial charge >= 0.3 is 0 Å². The molecular weight excluding hydrogens is 842 g/mol. The van der Waals surface area contributed by atoms with Crippen molar-refractivity contribution in [1.82, 2.24) is 31.1 Å². The van der Waals surface area contributed by atoms with E-state index in [-0.39, 0.29) is 19.5 Å². The summed E-state index contributed by atoms with van der Waals surface area (Å²) in [5, 5.41) is 82.0. The van der Waals surface area contributed by atoms with Crippen molar-refractivity contribution in [2.75, 3.05) is 32.9 Å². The Morgan fingerprint density at radius 3 is 1.90 bits per heavy atom. The van der Waals surface area contributed by atoms with E-state index in [1.807, 2.05) is 0 Å². The number of hydrogen-bond acceptors (Lipinski definition) is 18. The predicted molar refractivity (Wildman–Crippen MR) is 211 cm³/mol. The fourth-order valence-corrected chi connectivity index (χ4v) is 7.91. The van der Waals surface area contributed by atoms with Crippen LogP contribution in [0.25, 0.3) is 0 Å². The molecule has 4 aliphatic rings. The normalized spacial score (nSPS) is 33.3. The van der Waals surface area contributed by atoms with Crippen LogP contribution in [0.1, 0.15) is 60.3 Å². The number of hydrogen-bond donors (Lipinski definition) is 12. The molecule has 7 amide bonds. The quantitative estimate of drug-likeness (QED) is 0.0608. The molecular formula is C38H63N7O18. The molecule has 25 heteroatoms. The van der Waals surface area contributed by atoms with Crippen molar-refractivity contribution < 1.29 is 88.3 Å². The van der Waals surface area contributed by atoms with Crippen molar-refractivity contribution >= 4 is 41.4 Å². The highest BCUT2D eigenvalue weighted by molar-refractivity contribution is 5.97. The van der Waals surface area contributed by atoms with Crippen LogP contribution < -0.4 is 27.0 Å². The number of ether oxygens (including phenoxy) is 4. The van der Waals surface area contributed by atoms with E-state index in [9.17, 15) is 69.3 Å². The van der Waals surface area contributed by atoms with E-state index in [4.69, 9.17) is 24.7 Å². The number of nitrogens with one attached hydrogen (secondary N) is 4. The van der Waals surface area contributed by atoms with Crippen LogP contribution in [0, 0.1) is 5.92 Å². The van der Waals surface area contributed by atoms with Crippen molar-refractivity contribution in [2.45, 2.75) is 158 Å². The number of nitrogens with two attached hydrogens (primary N) is 1. The molecule has 4 heterocycles.